The Bertz CT molecular complexity index is 555. The standard InChI is InChI=1S/C8H12NO10P/c1-3(11)5(12)7(9)8(14)6(13,4(2-10)16-5)17-20(15,18-7)19-8/h4,10,12-14H,2,9H2,1H3/t4-,5+,6+,7-,8-,20?/m1/s1. The highest BCUT2D eigenvalue weighted by Crippen LogP contribution is 2.77. The van der Waals surface area contributed by atoms with Crippen LogP contribution in [0.25, 0.3) is 0 Å². The number of ether oxygens (including phenoxy) is 1. The van der Waals surface area contributed by atoms with Gasteiger partial charge in [-0.25, -0.2) is 13.6 Å². The Morgan fingerprint density at radius 2 is 1.90 bits per heavy atom. The van der Waals surface area contributed by atoms with Crippen molar-refractivity contribution >= 4 is 13.6 Å². The van der Waals surface area contributed by atoms with Gasteiger partial charge in [0, 0.05) is 6.92 Å². The first-order chi connectivity index (χ1) is 8.98. The molecule has 2 bridgehead atoms. The third-order valence-electron chi connectivity index (χ3n) is 3.64. The van der Waals surface area contributed by atoms with Gasteiger partial charge in [0.15, 0.2) is 5.78 Å². The highest BCUT2D eigenvalue weighted by atomic mass is 31.2. The average Bonchev–Trinajstić information content (AvgIpc) is 2.65. The topological polar surface area (TPSA) is 178 Å². The Balaban J connectivity index is 2.26. The van der Waals surface area contributed by atoms with E-state index < -0.39 is 49.4 Å². The van der Waals surface area contributed by atoms with E-state index in [4.69, 9.17) is 10.5 Å². The third kappa shape index (κ3) is 1.19. The van der Waals surface area contributed by atoms with Gasteiger partial charge in [-0.1, -0.05) is 0 Å². The normalized spacial score (nSPS) is 60.8. The molecule has 3 rings (SSSR count). The first kappa shape index (κ1) is 14.5. The molecule has 0 amide bonds. The van der Waals surface area contributed by atoms with Crippen LogP contribution in [0.1, 0.15) is 6.92 Å². The Kier molecular flexibility index (Phi) is 2.51. The fourth-order valence-electron chi connectivity index (χ4n) is 2.53. The minimum Gasteiger partial charge on any atom is -0.393 e. The summed E-state index contributed by atoms with van der Waals surface area (Å²) in [4.78, 5) is 11.6. The summed E-state index contributed by atoms with van der Waals surface area (Å²) in [5.74, 6) is -10.1. The van der Waals surface area contributed by atoms with Crippen molar-refractivity contribution in [2.24, 2.45) is 5.73 Å². The molecule has 6 N–H and O–H groups in total. The number of hydrogen-bond donors (Lipinski definition) is 5. The van der Waals surface area contributed by atoms with Gasteiger partial charge in [-0.15, -0.1) is 0 Å². The van der Waals surface area contributed by atoms with Crippen molar-refractivity contribution in [3.8, 4) is 0 Å². The van der Waals surface area contributed by atoms with Crippen LogP contribution in [0.3, 0.4) is 0 Å². The van der Waals surface area contributed by atoms with Crippen LogP contribution in [0.15, 0.2) is 0 Å². The van der Waals surface area contributed by atoms with Crippen LogP contribution in [0, 0.1) is 0 Å². The zero-order valence-corrected chi connectivity index (χ0v) is 10.9. The summed E-state index contributed by atoms with van der Waals surface area (Å²) >= 11 is 0. The first-order valence-electron chi connectivity index (χ1n) is 5.46. The molecule has 3 heterocycles. The van der Waals surface area contributed by atoms with Crippen LogP contribution in [0.2, 0.25) is 0 Å². The van der Waals surface area contributed by atoms with Crippen LogP contribution in [0.4, 0.5) is 0 Å². The van der Waals surface area contributed by atoms with E-state index in [1.54, 1.807) is 0 Å². The van der Waals surface area contributed by atoms with Crippen LogP contribution in [-0.4, -0.2) is 62.0 Å². The Morgan fingerprint density at radius 3 is 2.35 bits per heavy atom. The van der Waals surface area contributed by atoms with Gasteiger partial charge in [-0.3, -0.25) is 15.1 Å². The maximum atomic E-state index is 12.0. The quantitative estimate of drug-likeness (QED) is 0.325. The zero-order chi connectivity index (χ0) is 15.2. The lowest BCUT2D eigenvalue weighted by Crippen LogP contribution is -2.88. The summed E-state index contributed by atoms with van der Waals surface area (Å²) in [6.45, 7) is -0.156. The molecule has 12 heteroatoms. The molecular formula is C8H12NO10P. The monoisotopic (exact) mass is 313 g/mol. The molecule has 20 heavy (non-hydrogen) atoms. The van der Waals surface area contributed by atoms with Crippen LogP contribution < -0.4 is 5.73 Å². The van der Waals surface area contributed by atoms with E-state index in [9.17, 15) is 29.8 Å². The molecule has 0 aliphatic carbocycles. The van der Waals surface area contributed by atoms with Gasteiger partial charge < -0.3 is 25.2 Å². The summed E-state index contributed by atoms with van der Waals surface area (Å²) in [7, 11) is -4.55. The largest absolute Gasteiger partial charge is 0.482 e. The molecule has 6 atom stereocenters. The minimum absolute atomic E-state index is 0.850. The average molecular weight is 313 g/mol. The summed E-state index contributed by atoms with van der Waals surface area (Å²) in [6.07, 6.45) is -1.86. The lowest BCUT2D eigenvalue weighted by Gasteiger charge is -2.56. The van der Waals surface area contributed by atoms with E-state index in [-0.39, 0.29) is 0 Å². The molecule has 11 nitrogen and oxygen atoms in total. The Morgan fingerprint density at radius 1 is 1.30 bits per heavy atom. The van der Waals surface area contributed by atoms with E-state index >= 15 is 0 Å². The molecule has 0 radical (unpaired) electrons. The van der Waals surface area contributed by atoms with Crippen molar-refractivity contribution < 1.29 is 48.1 Å². The molecule has 3 aliphatic rings. The molecule has 1 unspecified atom stereocenters. The highest BCUT2D eigenvalue weighted by molar-refractivity contribution is 7.49. The van der Waals surface area contributed by atoms with Crippen molar-refractivity contribution in [1.82, 2.24) is 0 Å². The number of ketones is 1. The number of carbonyl (C=O) groups is 1. The van der Waals surface area contributed by atoms with Crippen molar-refractivity contribution in [1.29, 1.82) is 0 Å². The van der Waals surface area contributed by atoms with Crippen LogP contribution >= 0.6 is 7.82 Å². The number of phosphoric acid groups is 1. The number of aliphatic hydroxyl groups is 4. The summed E-state index contributed by atoms with van der Waals surface area (Å²) in [5, 5.41) is 40.0. The number of carbonyl (C=O) groups excluding carboxylic acids is 1. The fraction of sp³-hybridized carbons (Fsp3) is 0.875. The molecule has 114 valence electrons. The lowest BCUT2D eigenvalue weighted by atomic mass is 9.80. The summed E-state index contributed by atoms with van der Waals surface area (Å²) < 4.78 is 30.6. The first-order valence-corrected chi connectivity index (χ1v) is 6.92. The minimum atomic E-state index is -4.55. The molecule has 0 aromatic heterocycles. The molecule has 0 aromatic rings. The number of nitrogens with two attached hydrogens (primary N) is 1. The van der Waals surface area contributed by atoms with E-state index in [2.05, 4.69) is 13.6 Å². The van der Waals surface area contributed by atoms with E-state index in [0.29, 0.717) is 0 Å². The maximum absolute atomic E-state index is 12.0. The van der Waals surface area contributed by atoms with E-state index in [0.717, 1.165) is 6.92 Å². The molecule has 3 aliphatic heterocycles. The van der Waals surface area contributed by atoms with Crippen molar-refractivity contribution in [2.45, 2.75) is 36.1 Å². The third-order valence-corrected chi connectivity index (χ3v) is 5.14. The second-order valence-corrected chi connectivity index (χ2v) is 6.23. The molecule has 0 aromatic carbocycles. The highest BCUT2D eigenvalue weighted by Gasteiger charge is 2.92. The predicted octanol–water partition coefficient (Wildman–Crippen LogP) is -3.13. The number of rotatable bonds is 2. The van der Waals surface area contributed by atoms with Gasteiger partial charge in [0.2, 0.25) is 5.72 Å². The van der Waals surface area contributed by atoms with E-state index in [1.165, 1.54) is 0 Å². The van der Waals surface area contributed by atoms with Gasteiger partial charge in [-0.2, -0.15) is 0 Å². The molecule has 0 spiro atoms. The molecule has 3 saturated heterocycles. The number of phosphoric ester groups is 1. The van der Waals surface area contributed by atoms with Gasteiger partial charge in [0.25, 0.3) is 17.4 Å². The van der Waals surface area contributed by atoms with Gasteiger partial charge >= 0.3 is 7.82 Å². The van der Waals surface area contributed by atoms with E-state index in [1.807, 2.05) is 0 Å². The Labute approximate surface area is 111 Å². The van der Waals surface area contributed by atoms with Gasteiger partial charge in [0.05, 0.1) is 6.61 Å². The number of aliphatic hydroxyl groups excluding tert-OH is 1. The predicted molar refractivity (Wildman–Crippen MR) is 55.3 cm³/mol. The lowest BCUT2D eigenvalue weighted by molar-refractivity contribution is -0.475. The second-order valence-electron chi connectivity index (χ2n) is 4.79. The SMILES string of the molecule is CC(=O)[C@]1(O)O[C@H](CO)[C@]2(O)OP3(=O)O[C@@]1(N)[C@]2(O)O3. The Hall–Kier alpha value is -0.460. The number of fused-ring (bicyclic) bond motifs is 1. The summed E-state index contributed by atoms with van der Waals surface area (Å²) in [5.41, 5.74) is 2.70. The number of hydrogen-bond acceptors (Lipinski definition) is 11. The zero-order valence-electron chi connectivity index (χ0n) is 10.0. The second kappa shape index (κ2) is 3.47. The van der Waals surface area contributed by atoms with Crippen LogP contribution in [0.5, 0.6) is 0 Å². The maximum Gasteiger partial charge on any atom is 0.482 e. The fourth-order valence-corrected chi connectivity index (χ4v) is 4.42. The number of Topliss-reactive ketones (excluding diaryl/α,β-unsaturated/α-hetero) is 1. The van der Waals surface area contributed by atoms with Crippen molar-refractivity contribution in [2.75, 3.05) is 6.61 Å². The van der Waals surface area contributed by atoms with Gasteiger partial charge in [0.1, 0.15) is 6.10 Å². The van der Waals surface area contributed by atoms with Crippen LogP contribution in [-0.2, 0) is 27.7 Å². The van der Waals surface area contributed by atoms with Crippen molar-refractivity contribution in [3.63, 3.8) is 0 Å². The van der Waals surface area contributed by atoms with Crippen molar-refractivity contribution in [3.05, 3.63) is 0 Å². The molecule has 0 saturated carbocycles. The summed E-state index contributed by atoms with van der Waals surface area (Å²) in [6, 6.07) is 0. The van der Waals surface area contributed by atoms with Gasteiger partial charge in [-0.05, 0) is 0 Å². The molecule has 3 fully saturated rings. The molecular weight excluding hydrogens is 301 g/mol. The smallest absolute Gasteiger partial charge is 0.393 e.